The van der Waals surface area contributed by atoms with E-state index in [0.29, 0.717) is 50.0 Å². The first kappa shape index (κ1) is 23.4. The summed E-state index contributed by atoms with van der Waals surface area (Å²) < 4.78 is 12.0. The first-order chi connectivity index (χ1) is 17.1. The number of imide groups is 1. The lowest BCUT2D eigenvalue weighted by Gasteiger charge is -2.26. The normalized spacial score (nSPS) is 22.1. The van der Waals surface area contributed by atoms with E-state index in [-0.39, 0.29) is 24.3 Å². The molecule has 0 spiro atoms. The Bertz CT molecular complexity index is 1080. The van der Waals surface area contributed by atoms with Gasteiger partial charge in [0.15, 0.2) is 0 Å². The summed E-state index contributed by atoms with van der Waals surface area (Å²) >= 11 is 0. The summed E-state index contributed by atoms with van der Waals surface area (Å²) in [7, 11) is 0. The van der Waals surface area contributed by atoms with Gasteiger partial charge in [-0.2, -0.15) is 0 Å². The van der Waals surface area contributed by atoms with Gasteiger partial charge in [0.2, 0.25) is 11.8 Å². The lowest BCUT2D eigenvalue weighted by Crippen LogP contribution is -2.33. The number of carbonyl (C=O) groups is 3. The van der Waals surface area contributed by atoms with Crippen LogP contribution >= 0.6 is 0 Å². The third-order valence-corrected chi connectivity index (χ3v) is 7.17. The van der Waals surface area contributed by atoms with Crippen molar-refractivity contribution < 1.29 is 23.9 Å². The molecule has 3 amide bonds. The van der Waals surface area contributed by atoms with E-state index in [1.165, 1.54) is 10.5 Å². The molecule has 8 nitrogen and oxygen atoms in total. The van der Waals surface area contributed by atoms with Crippen LogP contribution in [0, 0.1) is 5.92 Å². The second kappa shape index (κ2) is 10.5. The zero-order valence-corrected chi connectivity index (χ0v) is 19.8. The van der Waals surface area contributed by atoms with Crippen LogP contribution in [0.15, 0.2) is 42.5 Å². The molecule has 8 heteroatoms. The van der Waals surface area contributed by atoms with Gasteiger partial charge in [-0.05, 0) is 67.2 Å². The number of ether oxygens (including phenoxy) is 2. The number of nitrogens with one attached hydrogen (secondary N) is 2. The van der Waals surface area contributed by atoms with Crippen molar-refractivity contribution in [2.24, 2.45) is 5.92 Å². The molecule has 184 valence electrons. The first-order valence-electron chi connectivity index (χ1n) is 12.4. The van der Waals surface area contributed by atoms with Gasteiger partial charge in [0.25, 0.3) is 5.91 Å². The van der Waals surface area contributed by atoms with Crippen molar-refractivity contribution in [1.29, 1.82) is 0 Å². The minimum Gasteiger partial charge on any atom is -0.493 e. The second-order valence-corrected chi connectivity index (χ2v) is 9.36. The van der Waals surface area contributed by atoms with Gasteiger partial charge in [-0.3, -0.25) is 19.3 Å². The number of rotatable bonds is 8. The SMILES string of the molecule is O=C1NCc2ccc(OC[C@@H]3CCNCC[C@H]3c3ccc(OCCN4C(=O)CCC4=O)cc3)cc21. The molecule has 2 saturated heterocycles. The van der Waals surface area contributed by atoms with Crippen molar-refractivity contribution in [2.75, 3.05) is 32.8 Å². The van der Waals surface area contributed by atoms with Crippen molar-refractivity contribution in [3.05, 3.63) is 59.2 Å². The van der Waals surface area contributed by atoms with E-state index in [0.717, 1.165) is 43.0 Å². The van der Waals surface area contributed by atoms with Crippen LogP contribution in [-0.2, 0) is 16.1 Å². The van der Waals surface area contributed by atoms with Crippen LogP contribution in [0.5, 0.6) is 11.5 Å². The van der Waals surface area contributed by atoms with Gasteiger partial charge >= 0.3 is 0 Å². The average Bonchev–Trinajstić information content (AvgIpc) is 3.29. The van der Waals surface area contributed by atoms with Crippen LogP contribution in [0.1, 0.15) is 53.1 Å². The van der Waals surface area contributed by atoms with Gasteiger partial charge < -0.3 is 20.1 Å². The van der Waals surface area contributed by atoms with Gasteiger partial charge in [-0.15, -0.1) is 0 Å². The zero-order valence-electron chi connectivity index (χ0n) is 19.8. The van der Waals surface area contributed by atoms with E-state index in [2.05, 4.69) is 22.8 Å². The number of likely N-dealkylation sites (tertiary alicyclic amines) is 1. The summed E-state index contributed by atoms with van der Waals surface area (Å²) in [4.78, 5) is 36.7. The van der Waals surface area contributed by atoms with Gasteiger partial charge in [-0.25, -0.2) is 0 Å². The zero-order chi connectivity index (χ0) is 24.2. The molecule has 2 aromatic carbocycles. The van der Waals surface area contributed by atoms with Gasteiger partial charge in [0.05, 0.1) is 13.2 Å². The van der Waals surface area contributed by atoms with Gasteiger partial charge in [-0.1, -0.05) is 18.2 Å². The summed E-state index contributed by atoms with van der Waals surface area (Å²) in [5.74, 6) is 1.87. The standard InChI is InChI=1S/C27H31N3O5/c31-25-7-8-26(32)30(25)13-14-34-21-4-1-18(2-5-21)23-10-12-28-11-9-20(23)17-35-22-6-3-19-16-29-27(33)24(19)15-22/h1-6,15,20,23,28H,7-14,16-17H2,(H,29,33)/t20-,23-/m0/s1. The van der Waals surface area contributed by atoms with Crippen molar-refractivity contribution in [3.63, 3.8) is 0 Å². The summed E-state index contributed by atoms with van der Waals surface area (Å²) in [6.07, 6.45) is 2.62. The van der Waals surface area contributed by atoms with E-state index in [9.17, 15) is 14.4 Å². The first-order valence-corrected chi connectivity index (χ1v) is 12.4. The molecule has 2 N–H and O–H groups in total. The van der Waals surface area contributed by atoms with Crippen LogP contribution in [0.3, 0.4) is 0 Å². The quantitative estimate of drug-likeness (QED) is 0.568. The fourth-order valence-electron chi connectivity index (χ4n) is 5.17. The third kappa shape index (κ3) is 5.32. The van der Waals surface area contributed by atoms with Crippen molar-refractivity contribution >= 4 is 17.7 Å². The highest BCUT2D eigenvalue weighted by Gasteiger charge is 2.29. The highest BCUT2D eigenvalue weighted by molar-refractivity contribution is 6.01. The van der Waals surface area contributed by atoms with Crippen LogP contribution in [0.2, 0.25) is 0 Å². The number of nitrogens with zero attached hydrogens (tertiary/aromatic N) is 1. The number of hydrogen-bond acceptors (Lipinski definition) is 6. The maximum Gasteiger partial charge on any atom is 0.252 e. The highest BCUT2D eigenvalue weighted by atomic mass is 16.5. The van der Waals surface area contributed by atoms with E-state index in [1.54, 1.807) is 0 Å². The lowest BCUT2D eigenvalue weighted by atomic mass is 9.83. The Hall–Kier alpha value is -3.39. The Balaban J connectivity index is 1.19. The Kier molecular flexibility index (Phi) is 6.99. The van der Waals surface area contributed by atoms with E-state index in [4.69, 9.17) is 9.47 Å². The molecular formula is C27H31N3O5. The Labute approximate surface area is 205 Å². The van der Waals surface area contributed by atoms with Crippen LogP contribution in [0.25, 0.3) is 0 Å². The van der Waals surface area contributed by atoms with Crippen LogP contribution in [0.4, 0.5) is 0 Å². The Morgan fingerprint density at radius 1 is 0.886 bits per heavy atom. The monoisotopic (exact) mass is 477 g/mol. The number of fused-ring (bicyclic) bond motifs is 1. The maximum absolute atomic E-state index is 12.0. The lowest BCUT2D eigenvalue weighted by molar-refractivity contribution is -0.138. The fourth-order valence-corrected chi connectivity index (χ4v) is 5.17. The van der Waals surface area contributed by atoms with Crippen LogP contribution in [-0.4, -0.2) is 55.5 Å². The van der Waals surface area contributed by atoms with Gasteiger partial charge in [0.1, 0.15) is 18.1 Å². The minimum atomic E-state index is -0.118. The number of benzene rings is 2. The molecule has 2 aromatic rings. The van der Waals surface area contributed by atoms with Gasteiger partial charge in [0, 0.05) is 30.9 Å². The molecule has 2 fully saturated rings. The Morgan fingerprint density at radius 2 is 1.63 bits per heavy atom. The van der Waals surface area contributed by atoms with Crippen molar-refractivity contribution in [3.8, 4) is 11.5 Å². The molecule has 0 saturated carbocycles. The number of amides is 3. The summed E-state index contributed by atoms with van der Waals surface area (Å²) in [5, 5.41) is 6.34. The predicted molar refractivity (Wildman–Crippen MR) is 129 cm³/mol. The second-order valence-electron chi connectivity index (χ2n) is 9.36. The Morgan fingerprint density at radius 3 is 2.43 bits per heavy atom. The molecular weight excluding hydrogens is 446 g/mol. The topological polar surface area (TPSA) is 97.0 Å². The minimum absolute atomic E-state index is 0.0390. The molecule has 5 rings (SSSR count). The molecule has 2 atom stereocenters. The molecule has 0 aromatic heterocycles. The third-order valence-electron chi connectivity index (χ3n) is 7.17. The maximum atomic E-state index is 12.0. The van der Waals surface area contributed by atoms with E-state index < -0.39 is 0 Å². The molecule has 3 aliphatic rings. The molecule has 3 aliphatic heterocycles. The van der Waals surface area contributed by atoms with Crippen molar-refractivity contribution in [2.45, 2.75) is 38.1 Å². The van der Waals surface area contributed by atoms with Crippen LogP contribution < -0.4 is 20.1 Å². The predicted octanol–water partition coefficient (Wildman–Crippen LogP) is 2.62. The smallest absolute Gasteiger partial charge is 0.252 e. The fraction of sp³-hybridized carbons (Fsp3) is 0.444. The molecule has 0 aliphatic carbocycles. The average molecular weight is 478 g/mol. The summed E-state index contributed by atoms with van der Waals surface area (Å²) in [5.41, 5.74) is 2.96. The highest BCUT2D eigenvalue weighted by Crippen LogP contribution is 2.33. The molecule has 0 unspecified atom stereocenters. The van der Waals surface area contributed by atoms with Crippen molar-refractivity contribution in [1.82, 2.24) is 15.5 Å². The molecule has 0 bridgehead atoms. The summed E-state index contributed by atoms with van der Waals surface area (Å²) in [6.45, 7) is 3.65. The molecule has 3 heterocycles. The number of carbonyl (C=O) groups excluding carboxylic acids is 3. The summed E-state index contributed by atoms with van der Waals surface area (Å²) in [6, 6.07) is 13.9. The molecule has 0 radical (unpaired) electrons. The molecule has 35 heavy (non-hydrogen) atoms. The van der Waals surface area contributed by atoms with E-state index in [1.807, 2.05) is 30.3 Å². The largest absolute Gasteiger partial charge is 0.493 e. The number of hydrogen-bond donors (Lipinski definition) is 2. The van der Waals surface area contributed by atoms with E-state index >= 15 is 0 Å².